The number of benzene rings is 2. The van der Waals surface area contributed by atoms with Crippen molar-refractivity contribution < 1.29 is 14.0 Å². The molecule has 3 N–H and O–H groups in total. The van der Waals surface area contributed by atoms with Crippen molar-refractivity contribution >= 4 is 52.6 Å². The SMILES string of the molecule is CN1SNC(C(=O)NC2CCCc3nc(-c4ccccc4)sc32)CC1C(=O)Nc1ccc(F)c(Cl)c1. The summed E-state index contributed by atoms with van der Waals surface area (Å²) in [5.41, 5.74) is 2.53. The first-order chi connectivity index (χ1) is 17.4. The summed E-state index contributed by atoms with van der Waals surface area (Å²) >= 11 is 8.69. The lowest BCUT2D eigenvalue weighted by atomic mass is 9.97. The minimum Gasteiger partial charge on any atom is -0.347 e. The zero-order valence-corrected chi connectivity index (χ0v) is 21.9. The molecule has 0 radical (unpaired) electrons. The number of anilines is 1. The second-order valence-electron chi connectivity index (χ2n) is 8.83. The van der Waals surface area contributed by atoms with Crippen LogP contribution in [0.3, 0.4) is 0 Å². The third-order valence-electron chi connectivity index (χ3n) is 6.33. The molecule has 3 unspecified atom stereocenters. The number of likely N-dealkylation sites (N-methyl/N-ethyl adjacent to an activating group) is 1. The number of rotatable bonds is 5. The van der Waals surface area contributed by atoms with Gasteiger partial charge in [-0.1, -0.05) is 41.9 Å². The fraction of sp³-hybridized carbons (Fsp3) is 0.320. The first kappa shape index (κ1) is 25.2. The molecule has 3 aromatic rings. The molecule has 188 valence electrons. The number of carbonyl (C=O) groups is 2. The summed E-state index contributed by atoms with van der Waals surface area (Å²) in [6, 6.07) is 12.9. The molecule has 0 bridgehead atoms. The van der Waals surface area contributed by atoms with Crippen molar-refractivity contribution in [2.45, 2.75) is 43.8 Å². The summed E-state index contributed by atoms with van der Waals surface area (Å²) in [5, 5.41) is 6.86. The Balaban J connectivity index is 1.25. The summed E-state index contributed by atoms with van der Waals surface area (Å²) in [6.07, 6.45) is 3.00. The number of nitrogens with one attached hydrogen (secondary N) is 3. The van der Waals surface area contributed by atoms with E-state index in [-0.39, 0.29) is 29.3 Å². The van der Waals surface area contributed by atoms with Gasteiger partial charge in [-0.25, -0.2) is 18.4 Å². The Labute approximate surface area is 222 Å². The highest BCUT2D eigenvalue weighted by molar-refractivity contribution is 7.95. The molecule has 0 spiro atoms. The lowest BCUT2D eigenvalue weighted by Crippen LogP contribution is -2.54. The molecule has 0 saturated carbocycles. The van der Waals surface area contributed by atoms with E-state index < -0.39 is 17.9 Å². The number of amides is 2. The predicted molar refractivity (Wildman–Crippen MR) is 142 cm³/mol. The number of aromatic nitrogens is 1. The van der Waals surface area contributed by atoms with E-state index in [9.17, 15) is 14.0 Å². The van der Waals surface area contributed by atoms with E-state index in [0.29, 0.717) is 5.69 Å². The first-order valence-electron chi connectivity index (χ1n) is 11.7. The third-order valence-corrected chi connectivity index (χ3v) is 8.81. The zero-order chi connectivity index (χ0) is 25.2. The van der Waals surface area contributed by atoms with Crippen LogP contribution in [0.4, 0.5) is 10.1 Å². The number of fused-ring (bicyclic) bond motifs is 1. The number of nitrogens with zero attached hydrogens (tertiary/aromatic N) is 2. The van der Waals surface area contributed by atoms with E-state index in [1.807, 2.05) is 30.3 Å². The van der Waals surface area contributed by atoms with E-state index in [4.69, 9.17) is 16.6 Å². The Morgan fingerprint density at radius 1 is 1.19 bits per heavy atom. The number of thiazole rings is 1. The maximum absolute atomic E-state index is 13.5. The summed E-state index contributed by atoms with van der Waals surface area (Å²) in [6.45, 7) is 0. The Bertz CT molecular complexity index is 1270. The standard InChI is InChI=1S/C25H25ClFN5O2S2/c1-32-21(24(34)28-15-10-11-17(27)16(26)12-15)13-20(31-36-32)23(33)29-18-8-5-9-19-22(18)35-25(30-19)14-6-3-2-4-7-14/h2-4,6-7,10-12,18,20-21,31H,5,8-9,13H2,1H3,(H,28,34)(H,29,33). The number of aryl methyl sites for hydroxylation is 1. The number of carbonyl (C=O) groups excluding carboxylic acids is 2. The van der Waals surface area contributed by atoms with Gasteiger partial charge in [0.05, 0.1) is 27.7 Å². The average molecular weight is 546 g/mol. The van der Waals surface area contributed by atoms with Crippen LogP contribution in [0.5, 0.6) is 0 Å². The van der Waals surface area contributed by atoms with Gasteiger partial charge in [0.1, 0.15) is 16.9 Å². The smallest absolute Gasteiger partial charge is 0.242 e. The molecule has 2 heterocycles. The minimum absolute atomic E-state index is 0.0663. The van der Waals surface area contributed by atoms with E-state index in [2.05, 4.69) is 15.4 Å². The zero-order valence-electron chi connectivity index (χ0n) is 19.5. The van der Waals surface area contributed by atoms with Crippen molar-refractivity contribution in [1.82, 2.24) is 19.3 Å². The van der Waals surface area contributed by atoms with Crippen LogP contribution in [-0.2, 0) is 16.0 Å². The van der Waals surface area contributed by atoms with Gasteiger partial charge in [0.15, 0.2) is 0 Å². The lowest BCUT2D eigenvalue weighted by molar-refractivity contribution is -0.125. The Hall–Kier alpha value is -2.50. The van der Waals surface area contributed by atoms with Crippen molar-refractivity contribution in [1.29, 1.82) is 0 Å². The van der Waals surface area contributed by atoms with Crippen molar-refractivity contribution in [3.63, 3.8) is 0 Å². The average Bonchev–Trinajstić information content (AvgIpc) is 3.32. The van der Waals surface area contributed by atoms with Crippen LogP contribution in [0.15, 0.2) is 48.5 Å². The van der Waals surface area contributed by atoms with Gasteiger partial charge in [-0.05, 0) is 50.9 Å². The van der Waals surface area contributed by atoms with Crippen LogP contribution in [0, 0.1) is 5.82 Å². The summed E-state index contributed by atoms with van der Waals surface area (Å²) < 4.78 is 18.4. The molecule has 1 fully saturated rings. The van der Waals surface area contributed by atoms with Gasteiger partial charge in [0, 0.05) is 23.4 Å². The minimum atomic E-state index is -0.564. The molecular weight excluding hydrogens is 521 g/mol. The van der Waals surface area contributed by atoms with Crippen LogP contribution < -0.4 is 15.4 Å². The van der Waals surface area contributed by atoms with Gasteiger partial charge >= 0.3 is 0 Å². The Kier molecular flexibility index (Phi) is 7.59. The van der Waals surface area contributed by atoms with Crippen LogP contribution in [-0.4, -0.2) is 40.2 Å². The van der Waals surface area contributed by atoms with Crippen molar-refractivity contribution in [2.75, 3.05) is 12.4 Å². The van der Waals surface area contributed by atoms with Crippen LogP contribution in [0.25, 0.3) is 10.6 Å². The maximum atomic E-state index is 13.5. The fourth-order valence-corrected chi connectivity index (χ4v) is 6.59. The van der Waals surface area contributed by atoms with E-state index in [1.54, 1.807) is 22.7 Å². The van der Waals surface area contributed by atoms with Crippen molar-refractivity contribution in [2.24, 2.45) is 0 Å². The van der Waals surface area contributed by atoms with E-state index >= 15 is 0 Å². The second kappa shape index (κ2) is 10.9. The first-order valence-corrected chi connectivity index (χ1v) is 13.6. The molecule has 2 aromatic carbocycles. The van der Waals surface area contributed by atoms with Crippen molar-refractivity contribution in [3.05, 3.63) is 69.9 Å². The molecule has 1 saturated heterocycles. The quantitative estimate of drug-likeness (QED) is 0.393. The molecule has 2 amide bonds. The molecule has 7 nitrogen and oxygen atoms in total. The largest absolute Gasteiger partial charge is 0.347 e. The van der Waals surface area contributed by atoms with Gasteiger partial charge in [-0.3, -0.25) is 9.59 Å². The molecule has 1 aromatic heterocycles. The predicted octanol–water partition coefficient (Wildman–Crippen LogP) is 4.96. The van der Waals surface area contributed by atoms with Gasteiger partial charge in [-0.15, -0.1) is 11.3 Å². The number of halogens is 2. The van der Waals surface area contributed by atoms with Gasteiger partial charge < -0.3 is 10.6 Å². The molecule has 36 heavy (non-hydrogen) atoms. The monoisotopic (exact) mass is 545 g/mol. The summed E-state index contributed by atoms with van der Waals surface area (Å²) in [7, 11) is 1.78. The highest BCUT2D eigenvalue weighted by Crippen LogP contribution is 2.38. The Morgan fingerprint density at radius 3 is 2.78 bits per heavy atom. The highest BCUT2D eigenvalue weighted by Gasteiger charge is 2.37. The van der Waals surface area contributed by atoms with Crippen LogP contribution in [0.1, 0.15) is 35.9 Å². The van der Waals surface area contributed by atoms with Gasteiger partial charge in [0.25, 0.3) is 0 Å². The third kappa shape index (κ3) is 5.42. The molecular formula is C25H25ClFN5O2S2. The number of hydrogen-bond acceptors (Lipinski definition) is 7. The highest BCUT2D eigenvalue weighted by atomic mass is 35.5. The van der Waals surface area contributed by atoms with E-state index in [1.165, 1.54) is 30.3 Å². The lowest BCUT2D eigenvalue weighted by Gasteiger charge is -2.35. The van der Waals surface area contributed by atoms with Gasteiger partial charge in [-0.2, -0.15) is 0 Å². The molecule has 2 aliphatic rings. The fourth-order valence-electron chi connectivity index (χ4n) is 4.40. The molecule has 3 atom stereocenters. The van der Waals surface area contributed by atoms with Crippen molar-refractivity contribution in [3.8, 4) is 10.6 Å². The van der Waals surface area contributed by atoms with E-state index in [0.717, 1.165) is 40.4 Å². The normalized spacial score (nSPS) is 22.0. The molecule has 11 heteroatoms. The number of hydrogen-bond donors (Lipinski definition) is 3. The molecule has 1 aliphatic heterocycles. The Morgan fingerprint density at radius 2 is 2.00 bits per heavy atom. The topological polar surface area (TPSA) is 86.4 Å². The summed E-state index contributed by atoms with van der Waals surface area (Å²) in [5.74, 6) is -0.990. The van der Waals surface area contributed by atoms with Crippen LogP contribution >= 0.6 is 35.1 Å². The van der Waals surface area contributed by atoms with Gasteiger partial charge in [0.2, 0.25) is 11.8 Å². The molecule has 1 aliphatic carbocycles. The van der Waals surface area contributed by atoms with Crippen LogP contribution in [0.2, 0.25) is 5.02 Å². The molecule has 5 rings (SSSR count). The maximum Gasteiger partial charge on any atom is 0.242 e. The second-order valence-corrected chi connectivity index (χ2v) is 11.3. The summed E-state index contributed by atoms with van der Waals surface area (Å²) in [4.78, 5) is 32.2.